The molecule has 3 aromatic rings. The summed E-state index contributed by atoms with van der Waals surface area (Å²) in [7, 11) is 1.52. The van der Waals surface area contributed by atoms with Crippen LogP contribution in [0, 0.1) is 0 Å². The van der Waals surface area contributed by atoms with Gasteiger partial charge in [0.15, 0.2) is 16.6 Å². The maximum atomic E-state index is 13.2. The summed E-state index contributed by atoms with van der Waals surface area (Å²) in [5.41, 5.74) is 2.02. The van der Waals surface area contributed by atoms with Crippen molar-refractivity contribution in [1.82, 2.24) is 5.32 Å². The lowest BCUT2D eigenvalue weighted by Gasteiger charge is -2.28. The lowest BCUT2D eigenvalue weighted by Crippen LogP contribution is -2.54. The smallest absolute Gasteiger partial charge is 0.270 e. The van der Waals surface area contributed by atoms with E-state index in [1.54, 1.807) is 48.5 Å². The van der Waals surface area contributed by atoms with Crippen molar-refractivity contribution in [3.05, 3.63) is 92.9 Å². The van der Waals surface area contributed by atoms with E-state index in [9.17, 15) is 9.59 Å². The highest BCUT2D eigenvalue weighted by molar-refractivity contribution is 9.10. The molecule has 0 unspecified atom stereocenters. The highest BCUT2D eigenvalue weighted by atomic mass is 79.9. The Morgan fingerprint density at radius 1 is 1.09 bits per heavy atom. The van der Waals surface area contributed by atoms with Crippen LogP contribution in [0.4, 0.5) is 5.69 Å². The molecule has 1 saturated heterocycles. The van der Waals surface area contributed by atoms with Gasteiger partial charge in [-0.2, -0.15) is 0 Å². The third kappa shape index (κ3) is 5.14. The van der Waals surface area contributed by atoms with Gasteiger partial charge in [-0.15, -0.1) is 0 Å². The summed E-state index contributed by atoms with van der Waals surface area (Å²) in [6, 6.07) is 19.6. The van der Waals surface area contributed by atoms with Crippen molar-refractivity contribution in [2.75, 3.05) is 12.0 Å². The monoisotopic (exact) mass is 556 g/mol. The molecule has 0 radical (unpaired) electrons. The van der Waals surface area contributed by atoms with Crippen LogP contribution in [0.25, 0.3) is 6.08 Å². The summed E-state index contributed by atoms with van der Waals surface area (Å²) < 4.78 is 12.1. The Morgan fingerprint density at radius 2 is 1.79 bits per heavy atom. The highest BCUT2D eigenvalue weighted by Crippen LogP contribution is 2.38. The van der Waals surface area contributed by atoms with Crippen LogP contribution < -0.4 is 19.7 Å². The zero-order chi connectivity index (χ0) is 24.2. The number of methoxy groups -OCH3 is 1. The number of amides is 2. The van der Waals surface area contributed by atoms with Crippen molar-refractivity contribution < 1.29 is 19.1 Å². The van der Waals surface area contributed by atoms with Crippen molar-refractivity contribution in [2.45, 2.75) is 6.61 Å². The van der Waals surface area contributed by atoms with Crippen molar-refractivity contribution in [1.29, 1.82) is 0 Å². The fourth-order valence-electron chi connectivity index (χ4n) is 3.34. The average molecular weight is 558 g/mol. The number of thiocarbonyl (C=S) groups is 1. The summed E-state index contributed by atoms with van der Waals surface area (Å²) in [4.78, 5) is 27.1. The van der Waals surface area contributed by atoms with Crippen LogP contribution in [0.15, 0.2) is 76.8 Å². The van der Waals surface area contributed by atoms with Crippen molar-refractivity contribution in [3.8, 4) is 11.5 Å². The van der Waals surface area contributed by atoms with Gasteiger partial charge in [0, 0.05) is 5.02 Å². The van der Waals surface area contributed by atoms with Crippen molar-refractivity contribution in [3.63, 3.8) is 0 Å². The van der Waals surface area contributed by atoms with Gasteiger partial charge in [0.05, 0.1) is 17.3 Å². The Labute approximate surface area is 215 Å². The molecule has 1 fully saturated rings. The number of para-hydroxylation sites is 1. The number of halogens is 2. The van der Waals surface area contributed by atoms with E-state index in [-0.39, 0.29) is 10.7 Å². The highest BCUT2D eigenvalue weighted by Gasteiger charge is 2.34. The molecule has 0 aliphatic carbocycles. The predicted octanol–water partition coefficient (Wildman–Crippen LogP) is 5.52. The van der Waals surface area contributed by atoms with E-state index in [1.807, 2.05) is 18.2 Å². The molecular weight excluding hydrogens is 540 g/mol. The summed E-state index contributed by atoms with van der Waals surface area (Å²) in [6.45, 7) is 0.303. The first-order chi connectivity index (χ1) is 16.4. The number of carbonyl (C=O) groups excluding carboxylic acids is 2. The van der Waals surface area contributed by atoms with Gasteiger partial charge in [0.2, 0.25) is 0 Å². The number of anilines is 1. The van der Waals surface area contributed by atoms with Crippen LogP contribution in [0.5, 0.6) is 11.5 Å². The molecule has 9 heteroatoms. The Kier molecular flexibility index (Phi) is 7.31. The fourth-order valence-corrected chi connectivity index (χ4v) is 4.32. The van der Waals surface area contributed by atoms with Crippen LogP contribution in [-0.4, -0.2) is 24.0 Å². The normalized spacial score (nSPS) is 14.9. The first-order valence-corrected chi connectivity index (χ1v) is 11.7. The van der Waals surface area contributed by atoms with Crippen LogP contribution in [0.1, 0.15) is 11.1 Å². The Balaban J connectivity index is 1.63. The summed E-state index contributed by atoms with van der Waals surface area (Å²) >= 11 is 14.7. The molecule has 34 heavy (non-hydrogen) atoms. The molecule has 172 valence electrons. The molecule has 1 aliphatic rings. The standard InChI is InChI=1S/C25H18BrClN2O4S/c1-32-21-13-16(12-20(26)22(21)33-14-15-7-9-17(27)10-8-15)11-19-23(30)28-25(34)29(24(19)31)18-5-3-2-4-6-18/h2-13H,14H2,1H3,(H,28,30,34)/b19-11-. The maximum Gasteiger partial charge on any atom is 0.270 e. The largest absolute Gasteiger partial charge is 0.493 e. The minimum atomic E-state index is -0.569. The average Bonchev–Trinajstić information content (AvgIpc) is 2.82. The van der Waals surface area contributed by atoms with Crippen molar-refractivity contribution in [2.24, 2.45) is 0 Å². The second-order valence-corrected chi connectivity index (χ2v) is 8.92. The van der Waals surface area contributed by atoms with E-state index in [0.717, 1.165) is 5.56 Å². The number of hydrogen-bond acceptors (Lipinski definition) is 5. The van der Waals surface area contributed by atoms with E-state index < -0.39 is 11.8 Å². The molecule has 4 rings (SSSR count). The Morgan fingerprint density at radius 3 is 2.47 bits per heavy atom. The number of rotatable bonds is 6. The zero-order valence-electron chi connectivity index (χ0n) is 17.9. The molecule has 6 nitrogen and oxygen atoms in total. The number of nitrogens with zero attached hydrogens (tertiary/aromatic N) is 1. The third-order valence-corrected chi connectivity index (χ3v) is 6.10. The molecule has 3 aromatic carbocycles. The summed E-state index contributed by atoms with van der Waals surface area (Å²) in [5, 5.41) is 3.25. The molecule has 0 spiro atoms. The van der Waals surface area contributed by atoms with E-state index in [2.05, 4.69) is 21.2 Å². The minimum absolute atomic E-state index is 0.0306. The molecule has 1 N–H and O–H groups in total. The number of hydrogen-bond donors (Lipinski definition) is 1. The fraction of sp³-hybridized carbons (Fsp3) is 0.0800. The van der Waals surface area contributed by atoms with E-state index in [0.29, 0.717) is 38.9 Å². The lowest BCUT2D eigenvalue weighted by molar-refractivity contribution is -0.122. The summed E-state index contributed by atoms with van der Waals surface area (Å²) in [6.07, 6.45) is 1.49. The number of benzene rings is 3. The van der Waals surface area contributed by atoms with Gasteiger partial charge in [-0.25, -0.2) is 0 Å². The molecule has 0 saturated carbocycles. The first kappa shape index (κ1) is 23.9. The molecule has 1 aliphatic heterocycles. The number of ether oxygens (including phenoxy) is 2. The first-order valence-electron chi connectivity index (χ1n) is 10.1. The van der Waals surface area contributed by atoms with Crippen LogP contribution in [-0.2, 0) is 16.2 Å². The Hall–Kier alpha value is -3.20. The van der Waals surface area contributed by atoms with Gasteiger partial charge in [0.1, 0.15) is 12.2 Å². The zero-order valence-corrected chi connectivity index (χ0v) is 21.0. The third-order valence-electron chi connectivity index (χ3n) is 4.98. The van der Waals surface area contributed by atoms with Gasteiger partial charge >= 0.3 is 0 Å². The molecule has 1 heterocycles. The Bertz CT molecular complexity index is 1300. The van der Waals surface area contributed by atoms with E-state index in [4.69, 9.17) is 33.3 Å². The van der Waals surface area contributed by atoms with Gasteiger partial charge < -0.3 is 9.47 Å². The molecular formula is C25H18BrClN2O4S. The minimum Gasteiger partial charge on any atom is -0.493 e. The second kappa shape index (κ2) is 10.4. The SMILES string of the molecule is COc1cc(/C=C2/C(=O)NC(=S)N(c3ccccc3)C2=O)cc(Br)c1OCc1ccc(Cl)cc1. The van der Waals surface area contributed by atoms with Crippen LogP contribution in [0.2, 0.25) is 5.02 Å². The molecule has 2 amide bonds. The topological polar surface area (TPSA) is 67.9 Å². The van der Waals surface area contributed by atoms with Crippen molar-refractivity contribution >= 4 is 68.4 Å². The number of carbonyl (C=O) groups is 2. The lowest BCUT2D eigenvalue weighted by atomic mass is 10.1. The quantitative estimate of drug-likeness (QED) is 0.246. The van der Waals surface area contributed by atoms with E-state index in [1.165, 1.54) is 18.1 Å². The van der Waals surface area contributed by atoms with Gasteiger partial charge in [0.25, 0.3) is 11.8 Å². The predicted molar refractivity (Wildman–Crippen MR) is 139 cm³/mol. The van der Waals surface area contributed by atoms with E-state index >= 15 is 0 Å². The van der Waals surface area contributed by atoms with Gasteiger partial charge in [-0.05, 0) is 81.7 Å². The van der Waals surface area contributed by atoms with Gasteiger partial charge in [-0.3, -0.25) is 19.8 Å². The van der Waals surface area contributed by atoms with Gasteiger partial charge in [-0.1, -0.05) is 41.9 Å². The molecule has 0 aromatic heterocycles. The van der Waals surface area contributed by atoms with Crippen LogP contribution in [0.3, 0.4) is 0 Å². The molecule has 0 bridgehead atoms. The van der Waals surface area contributed by atoms with Crippen LogP contribution >= 0.6 is 39.7 Å². The molecule has 0 atom stereocenters. The second-order valence-electron chi connectivity index (χ2n) is 7.24. The number of nitrogens with one attached hydrogen (secondary N) is 1. The maximum absolute atomic E-state index is 13.2. The summed E-state index contributed by atoms with van der Waals surface area (Å²) in [5.74, 6) is -0.154.